The largest absolute Gasteiger partial charge is 0.481 e. The van der Waals surface area contributed by atoms with Gasteiger partial charge in [-0.25, -0.2) is 9.18 Å². The Labute approximate surface area is 121 Å². The van der Waals surface area contributed by atoms with E-state index in [-0.39, 0.29) is 31.4 Å². The summed E-state index contributed by atoms with van der Waals surface area (Å²) in [6, 6.07) is 4.03. The van der Waals surface area contributed by atoms with Crippen molar-refractivity contribution in [3.63, 3.8) is 0 Å². The first-order valence-corrected chi connectivity index (χ1v) is 7.19. The normalized spacial score (nSPS) is 10.2. The van der Waals surface area contributed by atoms with Crippen LogP contribution in [-0.2, 0) is 11.3 Å². The van der Waals surface area contributed by atoms with Crippen LogP contribution < -0.4 is 5.32 Å². The van der Waals surface area contributed by atoms with Crippen LogP contribution in [0, 0.1) is 5.82 Å². The van der Waals surface area contributed by atoms with Crippen molar-refractivity contribution in [1.82, 2.24) is 10.2 Å². The standard InChI is InChI=1S/C13H17FN2O3S/c1-16(6-5-12(17)18)13(19)15-8-9-7-10(14)3-4-11(9)20-2/h3-4,7H,5-6,8H2,1-2H3,(H,15,19)(H,17,18). The highest BCUT2D eigenvalue weighted by Gasteiger charge is 2.11. The second kappa shape index (κ2) is 7.74. The molecule has 0 atom stereocenters. The lowest BCUT2D eigenvalue weighted by atomic mass is 10.2. The number of halogens is 1. The van der Waals surface area contributed by atoms with Gasteiger partial charge in [0.15, 0.2) is 0 Å². The lowest BCUT2D eigenvalue weighted by Crippen LogP contribution is -2.38. The molecule has 0 saturated carbocycles. The van der Waals surface area contributed by atoms with Crippen molar-refractivity contribution < 1.29 is 19.1 Å². The van der Waals surface area contributed by atoms with Crippen LogP contribution in [0.3, 0.4) is 0 Å². The fourth-order valence-electron chi connectivity index (χ4n) is 1.56. The minimum Gasteiger partial charge on any atom is -0.481 e. The number of urea groups is 1. The van der Waals surface area contributed by atoms with Gasteiger partial charge in [0.25, 0.3) is 0 Å². The van der Waals surface area contributed by atoms with Gasteiger partial charge in [0.05, 0.1) is 6.42 Å². The maximum atomic E-state index is 13.2. The fourth-order valence-corrected chi connectivity index (χ4v) is 2.15. The van der Waals surface area contributed by atoms with E-state index in [4.69, 9.17) is 5.11 Å². The molecule has 0 fully saturated rings. The monoisotopic (exact) mass is 300 g/mol. The number of carbonyl (C=O) groups excluding carboxylic acids is 1. The molecule has 20 heavy (non-hydrogen) atoms. The Balaban J connectivity index is 2.56. The summed E-state index contributed by atoms with van der Waals surface area (Å²) in [7, 11) is 1.51. The van der Waals surface area contributed by atoms with Gasteiger partial charge in [-0.1, -0.05) is 0 Å². The second-order valence-electron chi connectivity index (χ2n) is 4.18. The van der Waals surface area contributed by atoms with Crippen LogP contribution >= 0.6 is 11.8 Å². The van der Waals surface area contributed by atoms with E-state index >= 15 is 0 Å². The van der Waals surface area contributed by atoms with Crippen LogP contribution in [-0.4, -0.2) is 41.9 Å². The number of hydrogen-bond donors (Lipinski definition) is 2. The number of carboxylic acid groups (broad SMARTS) is 1. The number of hydrogen-bond acceptors (Lipinski definition) is 3. The average molecular weight is 300 g/mol. The van der Waals surface area contributed by atoms with E-state index in [9.17, 15) is 14.0 Å². The zero-order chi connectivity index (χ0) is 15.1. The summed E-state index contributed by atoms with van der Waals surface area (Å²) in [5.74, 6) is -1.31. The van der Waals surface area contributed by atoms with Crippen LogP contribution in [0.15, 0.2) is 23.1 Å². The molecule has 2 amide bonds. The Morgan fingerprint density at radius 1 is 1.45 bits per heavy atom. The highest BCUT2D eigenvalue weighted by Crippen LogP contribution is 2.21. The molecule has 110 valence electrons. The Hall–Kier alpha value is -1.76. The molecular weight excluding hydrogens is 283 g/mol. The highest BCUT2D eigenvalue weighted by molar-refractivity contribution is 7.98. The van der Waals surface area contributed by atoms with E-state index in [1.54, 1.807) is 6.07 Å². The summed E-state index contributed by atoms with van der Waals surface area (Å²) in [5, 5.41) is 11.2. The molecule has 0 aliphatic carbocycles. The Morgan fingerprint density at radius 3 is 2.75 bits per heavy atom. The summed E-state index contributed by atoms with van der Waals surface area (Å²) in [6.45, 7) is 0.323. The number of rotatable bonds is 6. The van der Waals surface area contributed by atoms with E-state index < -0.39 is 5.97 Å². The Bertz CT molecular complexity index is 497. The molecule has 5 nitrogen and oxygen atoms in total. The number of amides is 2. The first-order chi connectivity index (χ1) is 9.43. The Kier molecular flexibility index (Phi) is 6.30. The molecular formula is C13H17FN2O3S. The molecule has 7 heteroatoms. The lowest BCUT2D eigenvalue weighted by molar-refractivity contribution is -0.137. The summed E-state index contributed by atoms with van der Waals surface area (Å²) in [5.41, 5.74) is 0.692. The third kappa shape index (κ3) is 5.08. The quantitative estimate of drug-likeness (QED) is 0.790. The molecule has 0 saturated heterocycles. The molecule has 1 aromatic carbocycles. The third-order valence-electron chi connectivity index (χ3n) is 2.68. The molecule has 1 aromatic rings. The first-order valence-electron chi connectivity index (χ1n) is 5.97. The lowest BCUT2D eigenvalue weighted by Gasteiger charge is -2.17. The van der Waals surface area contributed by atoms with Crippen molar-refractivity contribution in [3.05, 3.63) is 29.6 Å². The molecule has 1 rings (SSSR count). The minimum atomic E-state index is -0.959. The summed E-state index contributed by atoms with van der Waals surface area (Å²) in [4.78, 5) is 24.3. The summed E-state index contributed by atoms with van der Waals surface area (Å²) < 4.78 is 13.2. The SMILES string of the molecule is CSc1ccc(F)cc1CNC(=O)N(C)CCC(=O)O. The average Bonchev–Trinajstić information content (AvgIpc) is 2.42. The van der Waals surface area contributed by atoms with Gasteiger partial charge >= 0.3 is 12.0 Å². The maximum Gasteiger partial charge on any atom is 0.317 e. The molecule has 0 aliphatic heterocycles. The number of benzene rings is 1. The van der Waals surface area contributed by atoms with Crippen molar-refractivity contribution >= 4 is 23.8 Å². The number of nitrogens with zero attached hydrogens (tertiary/aromatic N) is 1. The van der Waals surface area contributed by atoms with Gasteiger partial charge in [-0.3, -0.25) is 4.79 Å². The third-order valence-corrected chi connectivity index (χ3v) is 3.52. The van der Waals surface area contributed by atoms with E-state index in [0.717, 1.165) is 4.90 Å². The van der Waals surface area contributed by atoms with Gasteiger partial charge in [0.1, 0.15) is 5.82 Å². The predicted molar refractivity (Wildman–Crippen MR) is 75.3 cm³/mol. The van der Waals surface area contributed by atoms with E-state index in [1.165, 1.54) is 35.8 Å². The number of aliphatic carboxylic acids is 1. The van der Waals surface area contributed by atoms with Crippen molar-refractivity contribution in [2.45, 2.75) is 17.9 Å². The van der Waals surface area contributed by atoms with Gasteiger partial charge in [-0.05, 0) is 30.0 Å². The summed E-state index contributed by atoms with van der Waals surface area (Å²) in [6.07, 6.45) is 1.76. The first kappa shape index (κ1) is 16.3. The topological polar surface area (TPSA) is 69.6 Å². The molecule has 0 bridgehead atoms. The minimum absolute atomic E-state index is 0.111. The fraction of sp³-hybridized carbons (Fsp3) is 0.385. The zero-order valence-electron chi connectivity index (χ0n) is 11.4. The van der Waals surface area contributed by atoms with Gasteiger partial charge in [-0.2, -0.15) is 0 Å². The number of thioether (sulfide) groups is 1. The summed E-state index contributed by atoms with van der Waals surface area (Å²) >= 11 is 1.47. The molecule has 0 heterocycles. The molecule has 0 aromatic heterocycles. The highest BCUT2D eigenvalue weighted by atomic mass is 32.2. The zero-order valence-corrected chi connectivity index (χ0v) is 12.2. The van der Waals surface area contributed by atoms with E-state index in [2.05, 4.69) is 5.32 Å². The van der Waals surface area contributed by atoms with Crippen LogP contribution in [0.2, 0.25) is 0 Å². The Morgan fingerprint density at radius 2 is 2.15 bits per heavy atom. The van der Waals surface area contributed by atoms with Crippen molar-refractivity contribution in [1.29, 1.82) is 0 Å². The number of carbonyl (C=O) groups is 2. The van der Waals surface area contributed by atoms with Crippen molar-refractivity contribution in [2.24, 2.45) is 0 Å². The molecule has 0 unspecified atom stereocenters. The molecule has 0 aliphatic rings. The maximum absolute atomic E-state index is 13.2. The van der Waals surface area contributed by atoms with E-state index in [1.807, 2.05) is 6.26 Å². The van der Waals surface area contributed by atoms with Crippen molar-refractivity contribution in [2.75, 3.05) is 19.8 Å². The van der Waals surface area contributed by atoms with Crippen LogP contribution in [0.4, 0.5) is 9.18 Å². The number of carboxylic acids is 1. The van der Waals surface area contributed by atoms with Crippen LogP contribution in [0.5, 0.6) is 0 Å². The van der Waals surface area contributed by atoms with Gasteiger partial charge in [-0.15, -0.1) is 11.8 Å². The van der Waals surface area contributed by atoms with E-state index in [0.29, 0.717) is 5.56 Å². The van der Waals surface area contributed by atoms with Gasteiger partial charge < -0.3 is 15.3 Å². The van der Waals surface area contributed by atoms with Gasteiger partial charge in [0, 0.05) is 25.0 Å². The number of nitrogens with one attached hydrogen (secondary N) is 1. The molecule has 2 N–H and O–H groups in total. The van der Waals surface area contributed by atoms with Crippen LogP contribution in [0.1, 0.15) is 12.0 Å². The smallest absolute Gasteiger partial charge is 0.317 e. The second-order valence-corrected chi connectivity index (χ2v) is 5.03. The molecule has 0 spiro atoms. The predicted octanol–water partition coefficient (Wildman–Crippen LogP) is 2.16. The van der Waals surface area contributed by atoms with Crippen molar-refractivity contribution in [3.8, 4) is 0 Å². The molecule has 0 radical (unpaired) electrons. The van der Waals surface area contributed by atoms with Crippen LogP contribution in [0.25, 0.3) is 0 Å². The van der Waals surface area contributed by atoms with Gasteiger partial charge in [0.2, 0.25) is 0 Å².